The SMILES string of the molecule is CC(Nc1ccc(F)c(F)c1)C(=O)Nc1cccc(Br)c1. The molecular weight excluding hydrogens is 342 g/mol. The summed E-state index contributed by atoms with van der Waals surface area (Å²) >= 11 is 3.31. The van der Waals surface area contributed by atoms with Crippen LogP contribution >= 0.6 is 15.9 Å². The number of anilines is 2. The zero-order chi connectivity index (χ0) is 15.4. The Morgan fingerprint density at radius 2 is 1.86 bits per heavy atom. The van der Waals surface area contributed by atoms with E-state index < -0.39 is 17.7 Å². The van der Waals surface area contributed by atoms with Crippen LogP contribution in [-0.2, 0) is 4.79 Å². The number of halogens is 3. The third kappa shape index (κ3) is 4.26. The van der Waals surface area contributed by atoms with Crippen LogP contribution in [0.3, 0.4) is 0 Å². The Kier molecular flexibility index (Phi) is 4.90. The second-order valence-electron chi connectivity index (χ2n) is 4.49. The molecule has 21 heavy (non-hydrogen) atoms. The lowest BCUT2D eigenvalue weighted by atomic mass is 10.2. The highest BCUT2D eigenvalue weighted by atomic mass is 79.9. The van der Waals surface area contributed by atoms with E-state index in [9.17, 15) is 13.6 Å². The number of nitrogens with one attached hydrogen (secondary N) is 2. The van der Waals surface area contributed by atoms with Crippen molar-refractivity contribution in [3.8, 4) is 0 Å². The highest BCUT2D eigenvalue weighted by Gasteiger charge is 2.13. The summed E-state index contributed by atoms with van der Waals surface area (Å²) in [6.45, 7) is 1.63. The van der Waals surface area contributed by atoms with E-state index in [4.69, 9.17) is 0 Å². The van der Waals surface area contributed by atoms with Gasteiger partial charge in [0.15, 0.2) is 11.6 Å². The van der Waals surface area contributed by atoms with Crippen molar-refractivity contribution in [3.05, 3.63) is 58.6 Å². The summed E-state index contributed by atoms with van der Waals surface area (Å²) in [6.07, 6.45) is 0. The predicted octanol–water partition coefficient (Wildman–Crippen LogP) is 4.17. The lowest BCUT2D eigenvalue weighted by Crippen LogP contribution is -2.31. The average Bonchev–Trinajstić information content (AvgIpc) is 2.43. The molecule has 2 aromatic carbocycles. The van der Waals surface area contributed by atoms with Crippen LogP contribution in [0.5, 0.6) is 0 Å². The van der Waals surface area contributed by atoms with E-state index in [2.05, 4.69) is 26.6 Å². The van der Waals surface area contributed by atoms with E-state index in [-0.39, 0.29) is 5.91 Å². The molecule has 2 rings (SSSR count). The van der Waals surface area contributed by atoms with Crippen molar-refractivity contribution in [2.24, 2.45) is 0 Å². The van der Waals surface area contributed by atoms with Gasteiger partial charge in [-0.3, -0.25) is 4.79 Å². The molecule has 3 nitrogen and oxygen atoms in total. The minimum Gasteiger partial charge on any atom is -0.374 e. The van der Waals surface area contributed by atoms with Gasteiger partial charge in [0.05, 0.1) is 0 Å². The number of benzene rings is 2. The second-order valence-corrected chi connectivity index (χ2v) is 5.41. The maximum Gasteiger partial charge on any atom is 0.246 e. The van der Waals surface area contributed by atoms with E-state index in [1.807, 2.05) is 6.07 Å². The Hall–Kier alpha value is -1.95. The standard InChI is InChI=1S/C15H13BrF2N2O/c1-9(19-12-5-6-13(17)14(18)8-12)15(21)20-11-4-2-3-10(16)7-11/h2-9,19H,1H3,(H,20,21). The van der Waals surface area contributed by atoms with Crippen LogP contribution in [0.4, 0.5) is 20.2 Å². The molecule has 0 aliphatic carbocycles. The Balaban J connectivity index is 2.00. The van der Waals surface area contributed by atoms with Crippen LogP contribution in [-0.4, -0.2) is 11.9 Å². The van der Waals surface area contributed by atoms with Crippen LogP contribution in [0.1, 0.15) is 6.92 Å². The van der Waals surface area contributed by atoms with Gasteiger partial charge in [-0.2, -0.15) is 0 Å². The zero-order valence-corrected chi connectivity index (χ0v) is 12.7. The van der Waals surface area contributed by atoms with Crippen LogP contribution in [0, 0.1) is 11.6 Å². The van der Waals surface area contributed by atoms with Crippen molar-refractivity contribution in [2.75, 3.05) is 10.6 Å². The van der Waals surface area contributed by atoms with Gasteiger partial charge in [0.25, 0.3) is 0 Å². The quantitative estimate of drug-likeness (QED) is 0.865. The molecule has 110 valence electrons. The molecule has 2 aromatic rings. The fourth-order valence-corrected chi connectivity index (χ4v) is 2.12. The second kappa shape index (κ2) is 6.67. The lowest BCUT2D eigenvalue weighted by molar-refractivity contribution is -0.116. The molecule has 0 bridgehead atoms. The third-order valence-corrected chi connectivity index (χ3v) is 3.28. The van der Waals surface area contributed by atoms with Gasteiger partial charge in [0.2, 0.25) is 5.91 Å². The van der Waals surface area contributed by atoms with Gasteiger partial charge in [-0.25, -0.2) is 8.78 Å². The summed E-state index contributed by atoms with van der Waals surface area (Å²) in [6, 6.07) is 9.96. The molecule has 0 aromatic heterocycles. The summed E-state index contributed by atoms with van der Waals surface area (Å²) in [5, 5.41) is 5.54. The first-order valence-electron chi connectivity index (χ1n) is 6.24. The topological polar surface area (TPSA) is 41.1 Å². The molecule has 6 heteroatoms. The van der Waals surface area contributed by atoms with E-state index in [0.29, 0.717) is 11.4 Å². The van der Waals surface area contributed by atoms with Gasteiger partial charge in [-0.1, -0.05) is 22.0 Å². The van der Waals surface area contributed by atoms with E-state index in [1.165, 1.54) is 6.07 Å². The van der Waals surface area contributed by atoms with Crippen LogP contribution in [0.2, 0.25) is 0 Å². The molecule has 1 amide bonds. The maximum atomic E-state index is 13.1. The number of rotatable bonds is 4. The average molecular weight is 355 g/mol. The molecule has 0 aliphatic heterocycles. The fourth-order valence-electron chi connectivity index (χ4n) is 1.72. The lowest BCUT2D eigenvalue weighted by Gasteiger charge is -2.15. The van der Waals surface area contributed by atoms with E-state index in [1.54, 1.807) is 25.1 Å². The van der Waals surface area contributed by atoms with Gasteiger partial charge in [-0.15, -0.1) is 0 Å². The Morgan fingerprint density at radius 3 is 2.52 bits per heavy atom. The van der Waals surface area contributed by atoms with Gasteiger partial charge in [0.1, 0.15) is 6.04 Å². The normalized spacial score (nSPS) is 11.8. The number of carbonyl (C=O) groups is 1. The van der Waals surface area contributed by atoms with E-state index >= 15 is 0 Å². The molecule has 1 atom stereocenters. The largest absolute Gasteiger partial charge is 0.374 e. The van der Waals surface area contributed by atoms with Crippen molar-refractivity contribution in [1.82, 2.24) is 0 Å². The molecule has 0 spiro atoms. The molecule has 0 saturated carbocycles. The summed E-state index contributed by atoms with van der Waals surface area (Å²) in [4.78, 5) is 12.0. The fraction of sp³-hybridized carbons (Fsp3) is 0.133. The summed E-state index contributed by atoms with van der Waals surface area (Å²) in [7, 11) is 0. The number of amides is 1. The van der Waals surface area contributed by atoms with Crippen LogP contribution in [0.15, 0.2) is 46.9 Å². The van der Waals surface area contributed by atoms with Crippen molar-refractivity contribution in [2.45, 2.75) is 13.0 Å². The van der Waals surface area contributed by atoms with Crippen LogP contribution < -0.4 is 10.6 Å². The van der Waals surface area contributed by atoms with Crippen molar-refractivity contribution in [3.63, 3.8) is 0 Å². The van der Waals surface area contributed by atoms with Gasteiger partial charge >= 0.3 is 0 Å². The first kappa shape index (κ1) is 15.4. The van der Waals surface area contributed by atoms with E-state index in [0.717, 1.165) is 16.6 Å². The Morgan fingerprint density at radius 1 is 1.10 bits per heavy atom. The first-order valence-corrected chi connectivity index (χ1v) is 7.03. The third-order valence-electron chi connectivity index (χ3n) is 2.79. The molecule has 0 saturated heterocycles. The summed E-state index contributed by atoms with van der Waals surface area (Å²) in [5.74, 6) is -2.16. The molecule has 2 N–H and O–H groups in total. The van der Waals surface area contributed by atoms with Crippen molar-refractivity contribution >= 4 is 33.2 Å². The van der Waals surface area contributed by atoms with Crippen molar-refractivity contribution < 1.29 is 13.6 Å². The molecular formula is C15H13BrF2N2O. The highest BCUT2D eigenvalue weighted by Crippen LogP contribution is 2.17. The monoisotopic (exact) mass is 354 g/mol. The predicted molar refractivity (Wildman–Crippen MR) is 82.2 cm³/mol. The first-order chi connectivity index (χ1) is 9.95. The Labute approximate surface area is 129 Å². The molecule has 0 aliphatic rings. The zero-order valence-electron chi connectivity index (χ0n) is 11.2. The summed E-state index contributed by atoms with van der Waals surface area (Å²) in [5.41, 5.74) is 0.985. The molecule has 0 fully saturated rings. The maximum absolute atomic E-state index is 13.1. The van der Waals surface area contributed by atoms with Gasteiger partial charge in [0, 0.05) is 21.9 Å². The Bertz CT molecular complexity index is 664. The van der Waals surface area contributed by atoms with Crippen LogP contribution in [0.25, 0.3) is 0 Å². The number of carbonyl (C=O) groups excluding carboxylic acids is 1. The minimum absolute atomic E-state index is 0.280. The highest BCUT2D eigenvalue weighted by molar-refractivity contribution is 9.10. The van der Waals surface area contributed by atoms with Crippen molar-refractivity contribution in [1.29, 1.82) is 0 Å². The molecule has 0 heterocycles. The number of hydrogen-bond acceptors (Lipinski definition) is 2. The summed E-state index contributed by atoms with van der Waals surface area (Å²) < 4.78 is 26.8. The molecule has 0 radical (unpaired) electrons. The minimum atomic E-state index is -0.959. The smallest absolute Gasteiger partial charge is 0.246 e. The number of hydrogen-bond donors (Lipinski definition) is 2. The molecule has 1 unspecified atom stereocenters. The van der Waals surface area contributed by atoms with Gasteiger partial charge < -0.3 is 10.6 Å². The van der Waals surface area contributed by atoms with Gasteiger partial charge in [-0.05, 0) is 37.3 Å².